The Hall–Kier alpha value is -2.74. The number of hydrogen-bond acceptors (Lipinski definition) is 6. The fourth-order valence-corrected chi connectivity index (χ4v) is 3.51. The van der Waals surface area contributed by atoms with Gasteiger partial charge >= 0.3 is 0 Å². The molecule has 0 aliphatic carbocycles. The van der Waals surface area contributed by atoms with Gasteiger partial charge in [0, 0.05) is 25.9 Å². The number of hydrogen-bond donors (Lipinski definition) is 3. The van der Waals surface area contributed by atoms with Gasteiger partial charge in [-0.1, -0.05) is 60.6 Å². The van der Waals surface area contributed by atoms with Crippen molar-refractivity contribution in [2.24, 2.45) is 11.1 Å². The summed E-state index contributed by atoms with van der Waals surface area (Å²) in [6.45, 7) is 1.74. The number of nitrogens with zero attached hydrogens (tertiary/aromatic N) is 1. The number of aliphatic hydroxyl groups excluding tert-OH is 1. The molecule has 0 radical (unpaired) electrons. The summed E-state index contributed by atoms with van der Waals surface area (Å²) in [4.78, 5) is 16.9. The molecule has 2 aromatic carbocycles. The molecule has 30 heavy (non-hydrogen) atoms. The lowest BCUT2D eigenvalue weighted by molar-refractivity contribution is -0.134. The van der Waals surface area contributed by atoms with Gasteiger partial charge in [-0.3, -0.25) is 10.0 Å². The van der Waals surface area contributed by atoms with E-state index in [4.69, 9.17) is 14.8 Å². The van der Waals surface area contributed by atoms with E-state index < -0.39 is 5.91 Å². The topological polar surface area (TPSA) is 100 Å². The van der Waals surface area contributed by atoms with E-state index in [0.29, 0.717) is 19.3 Å². The van der Waals surface area contributed by atoms with Crippen LogP contribution >= 0.6 is 0 Å². The van der Waals surface area contributed by atoms with Crippen LogP contribution in [0.15, 0.2) is 53.7 Å². The Morgan fingerprint density at radius 3 is 2.33 bits per heavy atom. The van der Waals surface area contributed by atoms with Crippen molar-refractivity contribution in [2.75, 3.05) is 13.7 Å². The van der Waals surface area contributed by atoms with E-state index in [9.17, 15) is 9.90 Å². The van der Waals surface area contributed by atoms with Crippen LogP contribution in [-0.2, 0) is 20.8 Å². The first kappa shape index (κ1) is 22.0. The summed E-state index contributed by atoms with van der Waals surface area (Å²) >= 11 is 0. The number of aliphatic hydroxyl groups is 1. The summed E-state index contributed by atoms with van der Waals surface area (Å²) < 4.78 is 5.22. The minimum Gasteiger partial charge on any atom is -0.394 e. The van der Waals surface area contributed by atoms with Gasteiger partial charge in [-0.2, -0.15) is 0 Å². The number of hydroxylamine groups is 1. The third kappa shape index (κ3) is 5.44. The molecule has 1 aliphatic rings. The first-order chi connectivity index (χ1) is 14.5. The Bertz CT molecular complexity index is 860. The van der Waals surface area contributed by atoms with Crippen LogP contribution in [0.1, 0.15) is 30.9 Å². The predicted molar refractivity (Wildman–Crippen MR) is 113 cm³/mol. The molecule has 3 N–H and O–H groups in total. The van der Waals surface area contributed by atoms with Gasteiger partial charge in [0.05, 0.1) is 18.4 Å². The van der Waals surface area contributed by atoms with Gasteiger partial charge in [-0.15, -0.1) is 0 Å². The zero-order valence-electron chi connectivity index (χ0n) is 17.2. The van der Waals surface area contributed by atoms with Crippen LogP contribution in [0.3, 0.4) is 0 Å². The summed E-state index contributed by atoms with van der Waals surface area (Å²) in [6, 6.07) is 16.4. The minimum atomic E-state index is -0.420. The summed E-state index contributed by atoms with van der Waals surface area (Å²) in [5.41, 5.74) is 6.83. The minimum absolute atomic E-state index is 0.00170. The Balaban J connectivity index is 1.59. The Labute approximate surface area is 176 Å². The lowest BCUT2D eigenvalue weighted by Crippen LogP contribution is -2.28. The van der Waals surface area contributed by atoms with Crippen molar-refractivity contribution in [3.05, 3.63) is 59.7 Å². The molecule has 1 amide bonds. The molecule has 2 aromatic rings. The Kier molecular flexibility index (Phi) is 7.57. The SMILES string of the molecule is CO[C@@H](CO)Cc1ccc(-c2ccc(C3=NO[C@@H](C[C@H](C)C(=O)NO)C3)cc2)cc1. The van der Waals surface area contributed by atoms with E-state index in [1.165, 1.54) is 0 Å². The molecule has 0 saturated heterocycles. The second-order valence-corrected chi connectivity index (χ2v) is 7.60. The van der Waals surface area contributed by atoms with Gasteiger partial charge in [0.15, 0.2) is 0 Å². The fraction of sp³-hybridized carbons (Fsp3) is 0.391. The van der Waals surface area contributed by atoms with Gasteiger partial charge in [-0.05, 0) is 28.7 Å². The highest BCUT2D eigenvalue weighted by molar-refractivity contribution is 6.01. The molecule has 0 bridgehead atoms. The molecule has 7 heteroatoms. The molecule has 1 heterocycles. The summed E-state index contributed by atoms with van der Waals surface area (Å²) in [6.07, 6.45) is 1.43. The highest BCUT2D eigenvalue weighted by Crippen LogP contribution is 2.25. The highest BCUT2D eigenvalue weighted by atomic mass is 16.6. The molecule has 0 aromatic heterocycles. The lowest BCUT2D eigenvalue weighted by atomic mass is 9.96. The molecule has 0 saturated carbocycles. The van der Waals surface area contributed by atoms with Crippen molar-refractivity contribution < 1.29 is 24.7 Å². The largest absolute Gasteiger partial charge is 0.394 e. The van der Waals surface area contributed by atoms with Gasteiger partial charge in [0.1, 0.15) is 6.10 Å². The molecule has 160 valence electrons. The maximum Gasteiger partial charge on any atom is 0.246 e. The van der Waals surface area contributed by atoms with Crippen LogP contribution < -0.4 is 5.48 Å². The maximum absolute atomic E-state index is 11.5. The van der Waals surface area contributed by atoms with Crippen LogP contribution in [0.4, 0.5) is 0 Å². The highest BCUT2D eigenvalue weighted by Gasteiger charge is 2.26. The van der Waals surface area contributed by atoms with E-state index in [1.54, 1.807) is 19.5 Å². The molecule has 0 spiro atoms. The van der Waals surface area contributed by atoms with E-state index in [2.05, 4.69) is 17.3 Å². The number of rotatable bonds is 9. The van der Waals surface area contributed by atoms with Crippen molar-refractivity contribution in [2.45, 2.75) is 38.4 Å². The Morgan fingerprint density at radius 2 is 1.77 bits per heavy atom. The smallest absolute Gasteiger partial charge is 0.246 e. The summed E-state index contributed by atoms with van der Waals surface area (Å²) in [7, 11) is 1.60. The van der Waals surface area contributed by atoms with Crippen LogP contribution in [0, 0.1) is 5.92 Å². The third-order valence-corrected chi connectivity index (χ3v) is 5.41. The normalized spacial score (nSPS) is 17.7. The van der Waals surface area contributed by atoms with Gasteiger partial charge in [0.25, 0.3) is 0 Å². The second kappa shape index (κ2) is 10.3. The molecule has 3 rings (SSSR count). The van der Waals surface area contributed by atoms with Crippen LogP contribution in [0.2, 0.25) is 0 Å². The van der Waals surface area contributed by atoms with Gasteiger partial charge in [0.2, 0.25) is 5.91 Å². The van der Waals surface area contributed by atoms with E-state index in [1.807, 2.05) is 36.4 Å². The molecule has 1 aliphatic heterocycles. The van der Waals surface area contributed by atoms with E-state index in [0.717, 1.165) is 28.0 Å². The molecule has 3 atom stereocenters. The quantitative estimate of drug-likeness (QED) is 0.434. The molecular formula is C23H28N2O5. The third-order valence-electron chi connectivity index (χ3n) is 5.41. The Morgan fingerprint density at radius 1 is 1.17 bits per heavy atom. The molecule has 7 nitrogen and oxygen atoms in total. The van der Waals surface area contributed by atoms with E-state index >= 15 is 0 Å². The van der Waals surface area contributed by atoms with Crippen LogP contribution in [-0.4, -0.2) is 47.9 Å². The number of carbonyl (C=O) groups excluding carboxylic acids is 1. The van der Waals surface area contributed by atoms with E-state index in [-0.39, 0.29) is 24.7 Å². The van der Waals surface area contributed by atoms with Crippen molar-refractivity contribution >= 4 is 11.6 Å². The number of benzene rings is 2. The van der Waals surface area contributed by atoms with Gasteiger partial charge < -0.3 is 14.7 Å². The molecule has 0 unspecified atom stereocenters. The average molecular weight is 412 g/mol. The van der Waals surface area contributed by atoms with Crippen molar-refractivity contribution in [3.63, 3.8) is 0 Å². The number of amides is 1. The monoisotopic (exact) mass is 412 g/mol. The van der Waals surface area contributed by atoms with Crippen molar-refractivity contribution in [1.29, 1.82) is 0 Å². The standard InChI is InChI=1S/C23H28N2O5/c1-15(23(27)24-28)11-20-13-22(25-30-20)19-9-7-18(8-10-19)17-5-3-16(4-6-17)12-21(14-26)29-2/h3-10,15,20-21,26,28H,11-14H2,1-2H3,(H,24,27)/t15-,20-,21+/m0/s1. The zero-order valence-corrected chi connectivity index (χ0v) is 17.2. The number of carbonyl (C=O) groups is 1. The second-order valence-electron chi connectivity index (χ2n) is 7.60. The van der Waals surface area contributed by atoms with Gasteiger partial charge in [-0.25, -0.2) is 5.48 Å². The lowest BCUT2D eigenvalue weighted by Gasteiger charge is -2.13. The number of ether oxygens (including phenoxy) is 1. The summed E-state index contributed by atoms with van der Waals surface area (Å²) in [5, 5.41) is 22.2. The predicted octanol–water partition coefficient (Wildman–Crippen LogP) is 2.93. The number of nitrogens with one attached hydrogen (secondary N) is 1. The number of methoxy groups -OCH3 is 1. The molecular weight excluding hydrogens is 384 g/mol. The average Bonchev–Trinajstić information content (AvgIpc) is 3.25. The summed E-state index contributed by atoms with van der Waals surface area (Å²) in [5.74, 6) is -0.770. The first-order valence-electron chi connectivity index (χ1n) is 10.0. The van der Waals surface area contributed by atoms with Crippen molar-refractivity contribution in [3.8, 4) is 11.1 Å². The van der Waals surface area contributed by atoms with Crippen LogP contribution in [0.5, 0.6) is 0 Å². The maximum atomic E-state index is 11.5. The fourth-order valence-electron chi connectivity index (χ4n) is 3.51. The number of oxime groups is 1. The van der Waals surface area contributed by atoms with Crippen LogP contribution in [0.25, 0.3) is 11.1 Å². The van der Waals surface area contributed by atoms with Crippen molar-refractivity contribution in [1.82, 2.24) is 5.48 Å². The zero-order chi connectivity index (χ0) is 21.5. The first-order valence-corrected chi connectivity index (χ1v) is 10.0. The molecule has 0 fully saturated rings.